The van der Waals surface area contributed by atoms with Crippen molar-refractivity contribution in [2.75, 3.05) is 6.61 Å². The Labute approximate surface area is 97.9 Å². The molecule has 3 nitrogen and oxygen atoms in total. The fourth-order valence-electron chi connectivity index (χ4n) is 1.94. The third kappa shape index (κ3) is 3.99. The lowest BCUT2D eigenvalue weighted by Crippen LogP contribution is -2.36. The van der Waals surface area contributed by atoms with Crippen LogP contribution in [0.5, 0.6) is 0 Å². The topological polar surface area (TPSA) is 45.4 Å². The summed E-state index contributed by atoms with van der Waals surface area (Å²) in [6.45, 7) is 6.62. The molecule has 0 fully saturated rings. The van der Waals surface area contributed by atoms with E-state index >= 15 is 0 Å². The maximum Gasteiger partial charge on any atom is 0.120 e. The van der Waals surface area contributed by atoms with Gasteiger partial charge in [-0.3, -0.25) is 0 Å². The van der Waals surface area contributed by atoms with Crippen molar-refractivity contribution >= 4 is 0 Å². The number of aliphatic hydroxyl groups is 1. The van der Waals surface area contributed by atoms with Crippen LogP contribution < -0.4 is 5.32 Å². The Morgan fingerprint density at radius 1 is 1.44 bits per heavy atom. The first-order valence-corrected chi connectivity index (χ1v) is 6.07. The summed E-state index contributed by atoms with van der Waals surface area (Å²) in [6, 6.07) is 4.22. The van der Waals surface area contributed by atoms with E-state index < -0.39 is 0 Å². The molecule has 0 saturated heterocycles. The van der Waals surface area contributed by atoms with Crippen molar-refractivity contribution in [2.45, 2.75) is 45.7 Å². The molecular weight excluding hydrogens is 202 g/mol. The van der Waals surface area contributed by atoms with Crippen LogP contribution in [0.2, 0.25) is 0 Å². The van der Waals surface area contributed by atoms with Crippen LogP contribution >= 0.6 is 0 Å². The second kappa shape index (κ2) is 6.71. The third-order valence-corrected chi connectivity index (χ3v) is 2.71. The van der Waals surface area contributed by atoms with Gasteiger partial charge in [-0.2, -0.15) is 0 Å². The molecule has 1 aromatic heterocycles. The van der Waals surface area contributed by atoms with Gasteiger partial charge in [0, 0.05) is 6.04 Å². The lowest BCUT2D eigenvalue weighted by molar-refractivity contribution is 0.206. The Hall–Kier alpha value is -0.800. The molecule has 1 aromatic rings. The lowest BCUT2D eigenvalue weighted by atomic mass is 10.0. The van der Waals surface area contributed by atoms with E-state index in [2.05, 4.69) is 26.1 Å². The zero-order chi connectivity index (χ0) is 12.0. The fraction of sp³-hybridized carbons (Fsp3) is 0.692. The van der Waals surface area contributed by atoms with Gasteiger partial charge in [-0.1, -0.05) is 20.8 Å². The third-order valence-electron chi connectivity index (χ3n) is 2.71. The Bertz CT molecular complexity index is 269. The van der Waals surface area contributed by atoms with E-state index in [1.54, 1.807) is 6.26 Å². The molecule has 1 rings (SSSR count). The van der Waals surface area contributed by atoms with Crippen LogP contribution in [0.15, 0.2) is 22.8 Å². The molecule has 0 amide bonds. The summed E-state index contributed by atoms with van der Waals surface area (Å²) in [5.41, 5.74) is 0. The van der Waals surface area contributed by atoms with Crippen LogP contribution in [0.1, 0.15) is 45.4 Å². The van der Waals surface area contributed by atoms with Crippen molar-refractivity contribution in [1.82, 2.24) is 5.32 Å². The average molecular weight is 225 g/mol. The van der Waals surface area contributed by atoms with Gasteiger partial charge in [0.1, 0.15) is 5.76 Å². The van der Waals surface area contributed by atoms with Crippen LogP contribution in [-0.4, -0.2) is 17.8 Å². The molecule has 3 heteroatoms. The largest absolute Gasteiger partial charge is 0.468 e. The van der Waals surface area contributed by atoms with Crippen molar-refractivity contribution in [2.24, 2.45) is 5.92 Å². The van der Waals surface area contributed by atoms with Gasteiger partial charge in [0.2, 0.25) is 0 Å². The minimum Gasteiger partial charge on any atom is -0.468 e. The van der Waals surface area contributed by atoms with Crippen LogP contribution in [0.25, 0.3) is 0 Å². The maximum absolute atomic E-state index is 9.32. The number of rotatable bonds is 7. The highest BCUT2D eigenvalue weighted by Crippen LogP contribution is 2.18. The number of hydrogen-bond donors (Lipinski definition) is 2. The van der Waals surface area contributed by atoms with Crippen LogP contribution in [0.3, 0.4) is 0 Å². The highest BCUT2D eigenvalue weighted by atomic mass is 16.3. The Balaban J connectivity index is 2.54. The first-order valence-electron chi connectivity index (χ1n) is 6.07. The molecule has 1 heterocycles. The Kier molecular flexibility index (Phi) is 5.56. The minimum atomic E-state index is 0.148. The van der Waals surface area contributed by atoms with E-state index in [0.29, 0.717) is 5.92 Å². The number of aliphatic hydroxyl groups excluding tert-OH is 1. The smallest absolute Gasteiger partial charge is 0.120 e. The zero-order valence-electron chi connectivity index (χ0n) is 10.4. The van der Waals surface area contributed by atoms with Crippen LogP contribution in [0.4, 0.5) is 0 Å². The standard InChI is InChI=1S/C13H23NO2/c1-4-12(13-6-5-7-16-13)14-11(9-15)8-10(2)3/h5-7,10-12,14-15H,4,8-9H2,1-3H3. The summed E-state index contributed by atoms with van der Waals surface area (Å²) >= 11 is 0. The highest BCUT2D eigenvalue weighted by molar-refractivity contribution is 5.04. The number of furan rings is 1. The SMILES string of the molecule is CCC(NC(CO)CC(C)C)c1ccco1. The second-order valence-corrected chi connectivity index (χ2v) is 4.65. The molecule has 0 aromatic carbocycles. The minimum absolute atomic E-state index is 0.148. The maximum atomic E-state index is 9.32. The van der Waals surface area contributed by atoms with Gasteiger partial charge in [-0.05, 0) is 30.9 Å². The fourth-order valence-corrected chi connectivity index (χ4v) is 1.94. The lowest BCUT2D eigenvalue weighted by Gasteiger charge is -2.23. The van der Waals surface area contributed by atoms with Gasteiger partial charge in [-0.15, -0.1) is 0 Å². The molecule has 0 aliphatic rings. The van der Waals surface area contributed by atoms with E-state index in [0.717, 1.165) is 18.6 Å². The first-order chi connectivity index (χ1) is 7.67. The highest BCUT2D eigenvalue weighted by Gasteiger charge is 2.17. The predicted octanol–water partition coefficient (Wildman–Crippen LogP) is 2.73. The summed E-state index contributed by atoms with van der Waals surface area (Å²) in [7, 11) is 0. The molecule has 0 aliphatic heterocycles. The van der Waals surface area contributed by atoms with Crippen molar-refractivity contribution in [1.29, 1.82) is 0 Å². The van der Waals surface area contributed by atoms with E-state index in [-0.39, 0.29) is 18.7 Å². The number of hydrogen-bond acceptors (Lipinski definition) is 3. The summed E-state index contributed by atoms with van der Waals surface area (Å²) in [6.07, 6.45) is 3.63. The normalized spacial score (nSPS) is 15.3. The van der Waals surface area contributed by atoms with Crippen molar-refractivity contribution < 1.29 is 9.52 Å². The molecule has 2 N–H and O–H groups in total. The van der Waals surface area contributed by atoms with E-state index in [1.807, 2.05) is 12.1 Å². The van der Waals surface area contributed by atoms with Gasteiger partial charge < -0.3 is 14.8 Å². The summed E-state index contributed by atoms with van der Waals surface area (Å²) in [5.74, 6) is 1.53. The molecule has 0 saturated carbocycles. The molecule has 2 atom stereocenters. The van der Waals surface area contributed by atoms with Crippen LogP contribution in [0, 0.1) is 5.92 Å². The predicted molar refractivity (Wildman–Crippen MR) is 65.2 cm³/mol. The molecule has 0 spiro atoms. The molecule has 2 unspecified atom stereocenters. The number of nitrogens with one attached hydrogen (secondary N) is 1. The van der Waals surface area contributed by atoms with E-state index in [9.17, 15) is 5.11 Å². The van der Waals surface area contributed by atoms with Gasteiger partial charge in [0.15, 0.2) is 0 Å². The molecular formula is C13H23NO2. The molecule has 0 aliphatic carbocycles. The van der Waals surface area contributed by atoms with Crippen molar-refractivity contribution in [3.05, 3.63) is 24.2 Å². The van der Waals surface area contributed by atoms with Gasteiger partial charge in [-0.25, -0.2) is 0 Å². The van der Waals surface area contributed by atoms with Gasteiger partial charge in [0.25, 0.3) is 0 Å². The summed E-state index contributed by atoms with van der Waals surface area (Å²) in [4.78, 5) is 0. The molecule has 0 bridgehead atoms. The van der Waals surface area contributed by atoms with Gasteiger partial charge >= 0.3 is 0 Å². The zero-order valence-corrected chi connectivity index (χ0v) is 10.4. The summed E-state index contributed by atoms with van der Waals surface area (Å²) < 4.78 is 5.39. The summed E-state index contributed by atoms with van der Waals surface area (Å²) in [5, 5.41) is 12.8. The first kappa shape index (κ1) is 13.3. The van der Waals surface area contributed by atoms with Crippen LogP contribution in [-0.2, 0) is 0 Å². The Morgan fingerprint density at radius 2 is 2.19 bits per heavy atom. The molecule has 0 radical (unpaired) electrons. The molecule has 92 valence electrons. The monoisotopic (exact) mass is 225 g/mol. The second-order valence-electron chi connectivity index (χ2n) is 4.65. The van der Waals surface area contributed by atoms with E-state index in [4.69, 9.17) is 4.42 Å². The quantitative estimate of drug-likeness (QED) is 0.750. The average Bonchev–Trinajstić information content (AvgIpc) is 2.76. The van der Waals surface area contributed by atoms with E-state index in [1.165, 1.54) is 0 Å². The molecule has 16 heavy (non-hydrogen) atoms. The van der Waals surface area contributed by atoms with Crippen molar-refractivity contribution in [3.8, 4) is 0 Å². The Morgan fingerprint density at radius 3 is 2.62 bits per heavy atom. The van der Waals surface area contributed by atoms with Gasteiger partial charge in [0.05, 0.1) is 18.9 Å². The van der Waals surface area contributed by atoms with Crippen molar-refractivity contribution in [3.63, 3.8) is 0 Å².